The largest absolute Gasteiger partial charge is 0.317 e. The summed E-state index contributed by atoms with van der Waals surface area (Å²) in [5.74, 6) is 0.597. The molecule has 0 saturated heterocycles. The fourth-order valence-corrected chi connectivity index (χ4v) is 3.68. The Morgan fingerprint density at radius 2 is 2.00 bits per heavy atom. The Kier molecular flexibility index (Phi) is 5.27. The summed E-state index contributed by atoms with van der Waals surface area (Å²) in [7, 11) is -3.19. The zero-order valence-electron chi connectivity index (χ0n) is 12.6. The van der Waals surface area contributed by atoms with Crippen molar-refractivity contribution in [1.82, 2.24) is 9.62 Å². The van der Waals surface area contributed by atoms with Crippen molar-refractivity contribution in [2.45, 2.75) is 39.0 Å². The third kappa shape index (κ3) is 4.09. The van der Waals surface area contributed by atoms with E-state index in [1.165, 1.54) is 24.7 Å². The molecule has 0 atom stereocenters. The van der Waals surface area contributed by atoms with Gasteiger partial charge in [-0.3, -0.25) is 4.31 Å². The first-order valence-electron chi connectivity index (χ1n) is 7.63. The highest BCUT2D eigenvalue weighted by Gasteiger charge is 2.33. The molecule has 0 amide bonds. The number of allylic oxidation sites excluding steroid dienone is 3. The average Bonchev–Trinajstić information content (AvgIpc) is 3.22. The molecule has 0 unspecified atom stereocenters. The van der Waals surface area contributed by atoms with Gasteiger partial charge in [-0.25, -0.2) is 8.42 Å². The molecule has 0 aromatic heterocycles. The minimum Gasteiger partial charge on any atom is -0.317 e. The fourth-order valence-electron chi connectivity index (χ4n) is 2.69. The quantitative estimate of drug-likeness (QED) is 0.699. The second-order valence-electron chi connectivity index (χ2n) is 5.64. The van der Waals surface area contributed by atoms with E-state index in [4.69, 9.17) is 0 Å². The Labute approximate surface area is 123 Å². The van der Waals surface area contributed by atoms with Gasteiger partial charge in [0.05, 0.1) is 12.0 Å². The summed E-state index contributed by atoms with van der Waals surface area (Å²) < 4.78 is 25.9. The molecule has 0 aliphatic heterocycles. The van der Waals surface area contributed by atoms with Crippen molar-refractivity contribution in [2.24, 2.45) is 5.92 Å². The summed E-state index contributed by atoms with van der Waals surface area (Å²) in [6.45, 7) is 4.42. The van der Waals surface area contributed by atoms with E-state index in [9.17, 15) is 8.42 Å². The Balaban J connectivity index is 2.09. The minimum atomic E-state index is -3.19. The van der Waals surface area contributed by atoms with Crippen LogP contribution in [0.3, 0.4) is 0 Å². The Bertz CT molecular complexity index is 490. The van der Waals surface area contributed by atoms with Gasteiger partial charge in [-0.1, -0.05) is 19.1 Å². The van der Waals surface area contributed by atoms with Gasteiger partial charge < -0.3 is 5.32 Å². The summed E-state index contributed by atoms with van der Waals surface area (Å²) in [4.78, 5) is 0. The van der Waals surface area contributed by atoms with E-state index in [-0.39, 0.29) is 0 Å². The highest BCUT2D eigenvalue weighted by molar-refractivity contribution is 7.88. The van der Waals surface area contributed by atoms with Gasteiger partial charge in [-0.05, 0) is 56.7 Å². The van der Waals surface area contributed by atoms with Crippen molar-refractivity contribution < 1.29 is 8.42 Å². The number of nitrogens with one attached hydrogen (secondary N) is 1. The first kappa shape index (κ1) is 15.6. The predicted octanol–water partition coefficient (Wildman–Crippen LogP) is 2.26. The lowest BCUT2D eigenvalue weighted by Crippen LogP contribution is -2.33. The maximum atomic E-state index is 12.1. The van der Waals surface area contributed by atoms with Gasteiger partial charge >= 0.3 is 0 Å². The van der Waals surface area contributed by atoms with Gasteiger partial charge in [0.1, 0.15) is 0 Å². The molecule has 0 heterocycles. The lowest BCUT2D eigenvalue weighted by atomic mass is 9.99. The van der Waals surface area contributed by atoms with Gasteiger partial charge in [0.25, 0.3) is 0 Å². The number of nitrogens with zero attached hydrogens (tertiary/aromatic N) is 1. The molecular formula is C15H26N2O2S. The predicted molar refractivity (Wildman–Crippen MR) is 82.8 cm³/mol. The lowest BCUT2D eigenvalue weighted by molar-refractivity contribution is 0.463. The molecule has 20 heavy (non-hydrogen) atoms. The van der Waals surface area contributed by atoms with Crippen molar-refractivity contribution in [1.29, 1.82) is 0 Å². The summed E-state index contributed by atoms with van der Waals surface area (Å²) in [5, 5.41) is 3.25. The summed E-state index contributed by atoms with van der Waals surface area (Å²) >= 11 is 0. The van der Waals surface area contributed by atoms with Crippen molar-refractivity contribution in [3.63, 3.8) is 0 Å². The van der Waals surface area contributed by atoms with Crippen LogP contribution in [0.15, 0.2) is 23.4 Å². The van der Waals surface area contributed by atoms with Crippen LogP contribution in [0.5, 0.6) is 0 Å². The monoisotopic (exact) mass is 298 g/mol. The lowest BCUT2D eigenvalue weighted by Gasteiger charge is -2.29. The maximum absolute atomic E-state index is 12.1. The molecule has 0 radical (unpaired) electrons. The zero-order chi connectivity index (χ0) is 14.6. The van der Waals surface area contributed by atoms with Crippen molar-refractivity contribution in [3.8, 4) is 0 Å². The zero-order valence-corrected chi connectivity index (χ0v) is 13.4. The second-order valence-corrected chi connectivity index (χ2v) is 7.55. The molecule has 1 fully saturated rings. The number of hydrogen-bond acceptors (Lipinski definition) is 3. The van der Waals surface area contributed by atoms with Crippen LogP contribution in [-0.4, -0.2) is 38.6 Å². The van der Waals surface area contributed by atoms with Crippen LogP contribution in [-0.2, 0) is 10.0 Å². The summed E-state index contributed by atoms with van der Waals surface area (Å²) in [5.41, 5.74) is 2.22. The van der Waals surface area contributed by atoms with Crippen LogP contribution < -0.4 is 5.32 Å². The minimum absolute atomic E-state index is 0.571. The van der Waals surface area contributed by atoms with Crippen molar-refractivity contribution >= 4 is 10.0 Å². The smallest absolute Gasteiger partial charge is 0.232 e. The van der Waals surface area contributed by atoms with Crippen LogP contribution in [0.2, 0.25) is 0 Å². The topological polar surface area (TPSA) is 49.4 Å². The fraction of sp³-hybridized carbons (Fsp3) is 0.733. The van der Waals surface area contributed by atoms with Crippen molar-refractivity contribution in [2.75, 3.05) is 25.9 Å². The maximum Gasteiger partial charge on any atom is 0.232 e. The van der Waals surface area contributed by atoms with Crippen LogP contribution in [0, 0.1) is 5.92 Å². The highest BCUT2D eigenvalue weighted by atomic mass is 32.2. The Morgan fingerprint density at radius 3 is 2.60 bits per heavy atom. The highest BCUT2D eigenvalue weighted by Crippen LogP contribution is 2.43. The molecule has 2 aliphatic rings. The number of sulfonamides is 1. The van der Waals surface area contributed by atoms with E-state index in [1.54, 1.807) is 4.31 Å². The third-order valence-corrected chi connectivity index (χ3v) is 5.00. The molecule has 2 rings (SSSR count). The van der Waals surface area contributed by atoms with Crippen LogP contribution in [0.1, 0.15) is 39.0 Å². The number of rotatable bonds is 8. The molecule has 2 aliphatic carbocycles. The van der Waals surface area contributed by atoms with E-state index < -0.39 is 10.0 Å². The summed E-state index contributed by atoms with van der Waals surface area (Å²) in [6, 6.07) is 0. The van der Waals surface area contributed by atoms with E-state index >= 15 is 0 Å². The van der Waals surface area contributed by atoms with Crippen LogP contribution in [0.25, 0.3) is 0 Å². The van der Waals surface area contributed by atoms with Crippen LogP contribution in [0.4, 0.5) is 0 Å². The van der Waals surface area contributed by atoms with Gasteiger partial charge in [0.2, 0.25) is 10.0 Å². The van der Waals surface area contributed by atoms with Gasteiger partial charge in [0.15, 0.2) is 0 Å². The van der Waals surface area contributed by atoms with Gasteiger partial charge in [-0.15, -0.1) is 0 Å². The number of hydrogen-bond donors (Lipinski definition) is 1. The van der Waals surface area contributed by atoms with Gasteiger partial charge in [-0.2, -0.15) is 0 Å². The summed E-state index contributed by atoms with van der Waals surface area (Å²) in [6.07, 6.45) is 10.9. The van der Waals surface area contributed by atoms with Crippen LogP contribution >= 0.6 is 0 Å². The molecule has 0 bridgehead atoms. The molecule has 0 spiro atoms. The van der Waals surface area contributed by atoms with Gasteiger partial charge in [0, 0.05) is 6.54 Å². The average molecular weight is 298 g/mol. The molecule has 4 nitrogen and oxygen atoms in total. The Hall–Kier alpha value is -0.810. The molecule has 114 valence electrons. The normalized spacial score (nSPS) is 19.5. The van der Waals surface area contributed by atoms with E-state index in [1.807, 2.05) is 0 Å². The molecular weight excluding hydrogens is 272 g/mol. The molecule has 1 N–H and O–H groups in total. The molecule has 1 saturated carbocycles. The first-order chi connectivity index (χ1) is 9.54. The SMILES string of the molecule is CCNCCCN(C1=CCCC=C1C1CC1)S(C)(=O)=O. The first-order valence-corrected chi connectivity index (χ1v) is 9.48. The standard InChI is InChI=1S/C15H26N2O2S/c1-3-16-11-6-12-17(20(2,18)19)15-8-5-4-7-14(15)13-9-10-13/h7-8,13,16H,3-6,9-12H2,1-2H3. The van der Waals surface area contributed by atoms with Crippen molar-refractivity contribution in [3.05, 3.63) is 23.4 Å². The van der Waals surface area contributed by atoms with E-state index in [2.05, 4.69) is 24.4 Å². The molecule has 5 heteroatoms. The van der Waals surface area contributed by atoms with E-state index in [0.29, 0.717) is 12.5 Å². The Morgan fingerprint density at radius 1 is 1.30 bits per heavy atom. The van der Waals surface area contributed by atoms with E-state index in [0.717, 1.165) is 38.0 Å². The third-order valence-electron chi connectivity index (χ3n) is 3.82. The molecule has 0 aromatic carbocycles. The molecule has 0 aromatic rings. The second kappa shape index (κ2) is 6.76.